The van der Waals surface area contributed by atoms with Gasteiger partial charge >= 0.3 is 6.03 Å². The summed E-state index contributed by atoms with van der Waals surface area (Å²) in [5.74, 6) is 0. The normalized spacial score (nSPS) is 17.9. The molecular weight excluding hydrogens is 276 g/mol. The largest absolute Gasteiger partial charge is 0.371 e. The van der Waals surface area contributed by atoms with Crippen molar-refractivity contribution in [3.8, 4) is 0 Å². The predicted octanol–water partition coefficient (Wildman–Crippen LogP) is 3.03. The molecule has 1 aliphatic heterocycles. The fourth-order valence-electron chi connectivity index (χ4n) is 1.97. The Morgan fingerprint density at radius 1 is 1.25 bits per heavy atom. The van der Waals surface area contributed by atoms with Crippen molar-refractivity contribution in [3.05, 3.63) is 35.3 Å². The summed E-state index contributed by atoms with van der Waals surface area (Å²) in [6, 6.07) is 8.91. The molecule has 1 unspecified atom stereocenters. The lowest BCUT2D eigenvalue weighted by Gasteiger charge is -2.04. The van der Waals surface area contributed by atoms with Gasteiger partial charge in [-0.15, -0.1) is 10.2 Å². The maximum absolute atomic E-state index is 11.8. The molecule has 1 aromatic heterocycles. The van der Waals surface area contributed by atoms with E-state index >= 15 is 0 Å². The van der Waals surface area contributed by atoms with Crippen LogP contribution in [-0.4, -0.2) is 22.8 Å². The van der Waals surface area contributed by atoms with E-state index in [4.69, 9.17) is 4.74 Å². The molecule has 6 nitrogen and oxygen atoms in total. The second kappa shape index (κ2) is 5.98. The summed E-state index contributed by atoms with van der Waals surface area (Å²) < 4.78 is 5.53. The number of nitrogens with zero attached hydrogens (tertiary/aromatic N) is 2. The van der Waals surface area contributed by atoms with Crippen LogP contribution in [0.1, 0.15) is 24.0 Å². The zero-order valence-electron chi connectivity index (χ0n) is 10.7. The van der Waals surface area contributed by atoms with Crippen molar-refractivity contribution < 1.29 is 9.53 Å². The third kappa shape index (κ3) is 3.12. The number of para-hydroxylation sites is 1. The summed E-state index contributed by atoms with van der Waals surface area (Å²) in [7, 11) is 0. The highest BCUT2D eigenvalue weighted by atomic mass is 32.1. The average molecular weight is 290 g/mol. The third-order valence-corrected chi connectivity index (χ3v) is 3.83. The number of rotatable bonds is 3. The molecule has 2 aromatic rings. The van der Waals surface area contributed by atoms with Gasteiger partial charge in [-0.05, 0) is 25.0 Å². The Labute approximate surface area is 120 Å². The van der Waals surface area contributed by atoms with E-state index in [-0.39, 0.29) is 12.1 Å². The summed E-state index contributed by atoms with van der Waals surface area (Å²) in [6.07, 6.45) is 2.03. The topological polar surface area (TPSA) is 76.1 Å². The fraction of sp³-hybridized carbons (Fsp3) is 0.308. The molecule has 0 aliphatic carbocycles. The lowest BCUT2D eigenvalue weighted by Crippen LogP contribution is -2.19. The molecule has 2 N–H and O–H groups in total. The van der Waals surface area contributed by atoms with Crippen molar-refractivity contribution in [3.63, 3.8) is 0 Å². The van der Waals surface area contributed by atoms with Gasteiger partial charge in [0.15, 0.2) is 0 Å². The Kier molecular flexibility index (Phi) is 3.89. The summed E-state index contributed by atoms with van der Waals surface area (Å²) in [5, 5.41) is 14.7. The number of aromatic nitrogens is 2. The van der Waals surface area contributed by atoms with E-state index in [1.165, 1.54) is 11.3 Å². The van der Waals surface area contributed by atoms with Crippen LogP contribution in [0, 0.1) is 0 Å². The molecule has 0 bridgehead atoms. The van der Waals surface area contributed by atoms with Gasteiger partial charge < -0.3 is 10.1 Å². The van der Waals surface area contributed by atoms with Crippen molar-refractivity contribution in [2.75, 3.05) is 17.2 Å². The van der Waals surface area contributed by atoms with E-state index in [0.29, 0.717) is 5.13 Å². The first-order valence-corrected chi connectivity index (χ1v) is 7.21. The van der Waals surface area contributed by atoms with E-state index < -0.39 is 0 Å². The highest BCUT2D eigenvalue weighted by Gasteiger charge is 2.22. The van der Waals surface area contributed by atoms with Crippen molar-refractivity contribution in [2.24, 2.45) is 0 Å². The molecule has 0 spiro atoms. The van der Waals surface area contributed by atoms with E-state index in [2.05, 4.69) is 20.8 Å². The van der Waals surface area contributed by atoms with Crippen molar-refractivity contribution >= 4 is 28.2 Å². The van der Waals surface area contributed by atoms with Gasteiger partial charge in [-0.2, -0.15) is 0 Å². The highest BCUT2D eigenvalue weighted by molar-refractivity contribution is 7.15. The predicted molar refractivity (Wildman–Crippen MR) is 76.9 cm³/mol. The number of ether oxygens (including phenoxy) is 1. The fourth-order valence-corrected chi connectivity index (χ4v) is 2.79. The quantitative estimate of drug-likeness (QED) is 0.911. The van der Waals surface area contributed by atoms with E-state index in [1.807, 2.05) is 30.3 Å². The van der Waals surface area contributed by atoms with Gasteiger partial charge in [0, 0.05) is 12.3 Å². The lowest BCUT2D eigenvalue weighted by molar-refractivity contribution is 0.111. The number of carbonyl (C=O) groups excluding carboxylic acids is 1. The first-order valence-electron chi connectivity index (χ1n) is 6.39. The van der Waals surface area contributed by atoms with Crippen LogP contribution in [0.5, 0.6) is 0 Å². The third-order valence-electron chi connectivity index (χ3n) is 2.90. The van der Waals surface area contributed by atoms with Gasteiger partial charge in [-0.25, -0.2) is 4.79 Å². The summed E-state index contributed by atoms with van der Waals surface area (Å²) in [6.45, 7) is 0.765. The number of benzene rings is 1. The van der Waals surface area contributed by atoms with Crippen LogP contribution in [0.25, 0.3) is 0 Å². The zero-order chi connectivity index (χ0) is 13.8. The first kappa shape index (κ1) is 13.0. The Morgan fingerprint density at radius 3 is 2.85 bits per heavy atom. The number of nitrogens with one attached hydrogen (secondary N) is 2. The van der Waals surface area contributed by atoms with E-state index in [9.17, 15) is 4.79 Å². The molecule has 2 amide bonds. The number of anilines is 2. The smallest absolute Gasteiger partial charge is 0.325 e. The minimum Gasteiger partial charge on any atom is -0.371 e. The van der Waals surface area contributed by atoms with Gasteiger partial charge in [0.1, 0.15) is 11.1 Å². The second-order valence-electron chi connectivity index (χ2n) is 4.39. The monoisotopic (exact) mass is 290 g/mol. The maximum atomic E-state index is 11.8. The molecular formula is C13H14N4O2S. The molecule has 1 aromatic carbocycles. The molecule has 1 saturated heterocycles. The molecule has 1 atom stereocenters. The van der Waals surface area contributed by atoms with Crippen LogP contribution in [0.2, 0.25) is 0 Å². The van der Waals surface area contributed by atoms with Crippen LogP contribution in [0.4, 0.5) is 15.6 Å². The molecule has 0 radical (unpaired) electrons. The maximum Gasteiger partial charge on any atom is 0.325 e. The minimum absolute atomic E-state index is 0.0280. The van der Waals surface area contributed by atoms with Crippen LogP contribution >= 0.6 is 11.3 Å². The zero-order valence-corrected chi connectivity index (χ0v) is 11.5. The van der Waals surface area contributed by atoms with Crippen molar-refractivity contribution in [1.82, 2.24) is 10.2 Å². The summed E-state index contributed by atoms with van der Waals surface area (Å²) >= 11 is 1.35. The number of carbonyl (C=O) groups is 1. The number of urea groups is 1. The van der Waals surface area contributed by atoms with Crippen molar-refractivity contribution in [2.45, 2.75) is 18.9 Å². The van der Waals surface area contributed by atoms with E-state index in [0.717, 1.165) is 30.1 Å². The van der Waals surface area contributed by atoms with Gasteiger partial charge in [0.2, 0.25) is 5.13 Å². The standard InChI is InChI=1S/C13H14N4O2S/c18-12(14-9-5-2-1-3-6-9)15-13-17-16-11(20-13)10-7-4-8-19-10/h1-3,5-6,10H,4,7-8H2,(H2,14,15,17,18). The molecule has 3 rings (SSSR count). The Bertz CT molecular complexity index is 581. The Hall–Kier alpha value is -1.99. The second-order valence-corrected chi connectivity index (χ2v) is 5.40. The molecule has 1 aliphatic rings. The number of hydrogen-bond donors (Lipinski definition) is 2. The number of amides is 2. The van der Waals surface area contributed by atoms with Gasteiger partial charge in [0.25, 0.3) is 0 Å². The lowest BCUT2D eigenvalue weighted by atomic mass is 10.2. The molecule has 20 heavy (non-hydrogen) atoms. The minimum atomic E-state index is -0.328. The van der Waals surface area contributed by atoms with E-state index in [1.54, 1.807) is 0 Å². The number of hydrogen-bond acceptors (Lipinski definition) is 5. The van der Waals surface area contributed by atoms with Crippen LogP contribution in [-0.2, 0) is 4.74 Å². The SMILES string of the molecule is O=C(Nc1ccccc1)Nc1nnc(C2CCCO2)s1. The molecule has 0 saturated carbocycles. The molecule has 2 heterocycles. The van der Waals surface area contributed by atoms with Gasteiger partial charge in [-0.1, -0.05) is 29.5 Å². The summed E-state index contributed by atoms with van der Waals surface area (Å²) in [4.78, 5) is 11.8. The summed E-state index contributed by atoms with van der Waals surface area (Å²) in [5.41, 5.74) is 0.730. The molecule has 7 heteroatoms. The van der Waals surface area contributed by atoms with Gasteiger partial charge in [0.05, 0.1) is 0 Å². The first-order chi connectivity index (χ1) is 9.81. The Morgan fingerprint density at radius 2 is 2.10 bits per heavy atom. The van der Waals surface area contributed by atoms with Crippen LogP contribution < -0.4 is 10.6 Å². The van der Waals surface area contributed by atoms with Crippen molar-refractivity contribution in [1.29, 1.82) is 0 Å². The van der Waals surface area contributed by atoms with Gasteiger partial charge in [-0.3, -0.25) is 5.32 Å². The van der Waals surface area contributed by atoms with Crippen LogP contribution in [0.15, 0.2) is 30.3 Å². The highest BCUT2D eigenvalue weighted by Crippen LogP contribution is 2.31. The average Bonchev–Trinajstić information content (AvgIpc) is 3.10. The molecule has 104 valence electrons. The molecule has 1 fully saturated rings. The Balaban J connectivity index is 1.59. The van der Waals surface area contributed by atoms with Crippen LogP contribution in [0.3, 0.4) is 0 Å².